The van der Waals surface area contributed by atoms with Gasteiger partial charge in [-0.15, -0.1) is 0 Å². The third-order valence-electron chi connectivity index (χ3n) is 12.6. The van der Waals surface area contributed by atoms with Gasteiger partial charge in [0.05, 0.1) is 18.8 Å². The van der Waals surface area contributed by atoms with E-state index in [1.54, 1.807) is 0 Å². The van der Waals surface area contributed by atoms with Crippen LogP contribution in [0.1, 0.15) is 92.9 Å². The SMILES string of the molecule is CC1(C)[C@H](O)CC[C@]2(C)[C@H]3CC[C@H]4C(=CC(=O)[C@H]5[C@](C)(CO)[C@H](O)CC[C@@]54C)[C@]3(C)CC[C@@H]12. The summed E-state index contributed by atoms with van der Waals surface area (Å²) in [6.45, 7) is 13.5. The molecule has 33 heavy (non-hydrogen) atoms. The summed E-state index contributed by atoms with van der Waals surface area (Å²) in [5.74, 6) is 1.21. The van der Waals surface area contributed by atoms with Gasteiger partial charge in [-0.2, -0.15) is 0 Å². The quantitative estimate of drug-likeness (QED) is 0.522. The molecular formula is C29H46O4. The van der Waals surface area contributed by atoms with Crippen LogP contribution >= 0.6 is 0 Å². The van der Waals surface area contributed by atoms with E-state index in [0.717, 1.165) is 38.5 Å². The van der Waals surface area contributed by atoms with Crippen molar-refractivity contribution in [3.8, 4) is 0 Å². The summed E-state index contributed by atoms with van der Waals surface area (Å²) in [7, 11) is 0. The lowest BCUT2D eigenvalue weighted by atomic mass is 9.36. The van der Waals surface area contributed by atoms with Crippen molar-refractivity contribution in [3.63, 3.8) is 0 Å². The van der Waals surface area contributed by atoms with Crippen molar-refractivity contribution in [1.29, 1.82) is 0 Å². The maximum atomic E-state index is 13.8. The number of allylic oxidation sites excluding steroid dienone is 2. The fourth-order valence-electron chi connectivity index (χ4n) is 10.7. The highest BCUT2D eigenvalue weighted by molar-refractivity contribution is 5.95. The van der Waals surface area contributed by atoms with Crippen LogP contribution < -0.4 is 0 Å². The Morgan fingerprint density at radius 3 is 2.12 bits per heavy atom. The van der Waals surface area contributed by atoms with Crippen molar-refractivity contribution in [1.82, 2.24) is 0 Å². The van der Waals surface area contributed by atoms with E-state index < -0.39 is 11.5 Å². The number of ketones is 1. The summed E-state index contributed by atoms with van der Waals surface area (Å²) in [5.41, 5.74) is 0.541. The molecule has 0 aromatic carbocycles. The molecule has 4 fully saturated rings. The summed E-state index contributed by atoms with van der Waals surface area (Å²) in [4.78, 5) is 13.8. The van der Waals surface area contributed by atoms with Crippen LogP contribution in [-0.4, -0.2) is 39.9 Å². The fourth-order valence-corrected chi connectivity index (χ4v) is 10.7. The molecule has 0 radical (unpaired) electrons. The number of hydrogen-bond donors (Lipinski definition) is 3. The average Bonchev–Trinajstić information content (AvgIpc) is 2.74. The molecule has 0 unspecified atom stereocenters. The Morgan fingerprint density at radius 2 is 1.45 bits per heavy atom. The lowest BCUT2D eigenvalue weighted by Crippen LogP contribution is -2.64. The van der Waals surface area contributed by atoms with Crippen LogP contribution in [0.15, 0.2) is 11.6 Å². The second kappa shape index (κ2) is 7.17. The number of carbonyl (C=O) groups is 1. The molecule has 5 aliphatic rings. The molecule has 5 aliphatic carbocycles. The van der Waals surface area contributed by atoms with E-state index in [1.807, 2.05) is 13.0 Å². The van der Waals surface area contributed by atoms with Crippen LogP contribution in [0.2, 0.25) is 0 Å². The highest BCUT2D eigenvalue weighted by Gasteiger charge is 2.67. The molecule has 0 amide bonds. The van der Waals surface area contributed by atoms with Gasteiger partial charge in [-0.25, -0.2) is 0 Å². The molecule has 10 atom stereocenters. The van der Waals surface area contributed by atoms with Crippen LogP contribution in [0.25, 0.3) is 0 Å². The van der Waals surface area contributed by atoms with Crippen molar-refractivity contribution in [2.45, 2.75) is 105 Å². The first kappa shape index (κ1) is 24.0. The minimum absolute atomic E-state index is 0.0157. The van der Waals surface area contributed by atoms with Gasteiger partial charge in [0.15, 0.2) is 5.78 Å². The Hall–Kier alpha value is -0.710. The van der Waals surface area contributed by atoms with E-state index in [4.69, 9.17) is 0 Å². The van der Waals surface area contributed by atoms with Crippen LogP contribution in [0.5, 0.6) is 0 Å². The van der Waals surface area contributed by atoms with Crippen LogP contribution in [0.3, 0.4) is 0 Å². The van der Waals surface area contributed by atoms with Crippen LogP contribution in [0.4, 0.5) is 0 Å². The zero-order valence-corrected chi connectivity index (χ0v) is 21.7. The number of rotatable bonds is 1. The van der Waals surface area contributed by atoms with Gasteiger partial charge >= 0.3 is 0 Å². The lowest BCUT2D eigenvalue weighted by Gasteiger charge is -2.68. The van der Waals surface area contributed by atoms with E-state index in [2.05, 4.69) is 34.6 Å². The molecule has 0 spiro atoms. The van der Waals surface area contributed by atoms with E-state index in [-0.39, 0.29) is 46.1 Å². The number of fused-ring (bicyclic) bond motifs is 7. The van der Waals surface area contributed by atoms with Crippen molar-refractivity contribution in [2.75, 3.05) is 6.61 Å². The van der Waals surface area contributed by atoms with Gasteiger partial charge in [0.1, 0.15) is 0 Å². The normalized spacial score (nSPS) is 55.5. The second-order valence-corrected chi connectivity index (χ2v) is 14.2. The third kappa shape index (κ3) is 2.84. The Morgan fingerprint density at radius 1 is 0.818 bits per heavy atom. The molecule has 0 aliphatic heterocycles. The Balaban J connectivity index is 1.58. The Kier molecular flexibility index (Phi) is 5.21. The Labute approximate surface area is 200 Å². The van der Waals surface area contributed by atoms with Gasteiger partial charge in [-0.1, -0.05) is 47.1 Å². The molecule has 0 heterocycles. The first-order chi connectivity index (χ1) is 15.3. The van der Waals surface area contributed by atoms with Gasteiger partial charge in [-0.3, -0.25) is 4.79 Å². The first-order valence-corrected chi connectivity index (χ1v) is 13.5. The van der Waals surface area contributed by atoms with Crippen molar-refractivity contribution < 1.29 is 20.1 Å². The number of hydrogen-bond acceptors (Lipinski definition) is 4. The van der Waals surface area contributed by atoms with Crippen molar-refractivity contribution in [2.24, 2.45) is 50.7 Å². The maximum absolute atomic E-state index is 13.8. The second-order valence-electron chi connectivity index (χ2n) is 14.2. The predicted octanol–water partition coefficient (Wildman–Crippen LogP) is 4.90. The molecule has 0 aromatic rings. The standard InChI is InChI=1S/C29H46O4/c1-25(2)20-9-12-26(3)18-15-19(31)24-27(4,13-11-23(33)29(24,6)16-30)17(18)7-8-21(26)28(20,5)14-10-22(25)32/h15,17,20-24,30,32-33H,7-14,16H2,1-6H3/t17-,20-,21-,22+,23+,24+,26-,27+,28-,29+/m0/s1. The van der Waals surface area contributed by atoms with Gasteiger partial charge < -0.3 is 15.3 Å². The molecule has 4 heteroatoms. The number of aliphatic hydroxyl groups is 3. The summed E-state index contributed by atoms with van der Waals surface area (Å²) < 4.78 is 0. The third-order valence-corrected chi connectivity index (χ3v) is 12.6. The highest BCUT2D eigenvalue weighted by Crippen LogP contribution is 2.72. The molecule has 4 saturated carbocycles. The summed E-state index contributed by atoms with van der Waals surface area (Å²) in [5, 5.41) is 32.0. The largest absolute Gasteiger partial charge is 0.396 e. The van der Waals surface area contributed by atoms with E-state index in [1.165, 1.54) is 12.0 Å². The smallest absolute Gasteiger partial charge is 0.160 e. The van der Waals surface area contributed by atoms with Crippen molar-refractivity contribution in [3.05, 3.63) is 11.6 Å². The summed E-state index contributed by atoms with van der Waals surface area (Å²) >= 11 is 0. The fraction of sp³-hybridized carbons (Fsp3) is 0.897. The summed E-state index contributed by atoms with van der Waals surface area (Å²) in [6, 6.07) is 0. The minimum atomic E-state index is -0.767. The molecule has 4 nitrogen and oxygen atoms in total. The molecule has 5 rings (SSSR count). The van der Waals surface area contributed by atoms with E-state index in [9.17, 15) is 20.1 Å². The average molecular weight is 459 g/mol. The highest BCUT2D eigenvalue weighted by atomic mass is 16.3. The monoisotopic (exact) mass is 458 g/mol. The molecule has 0 bridgehead atoms. The Bertz CT molecular complexity index is 877. The van der Waals surface area contributed by atoms with Crippen LogP contribution in [0, 0.1) is 50.7 Å². The minimum Gasteiger partial charge on any atom is -0.396 e. The van der Waals surface area contributed by atoms with Gasteiger partial charge in [0, 0.05) is 11.3 Å². The lowest BCUT2D eigenvalue weighted by molar-refractivity contribution is -0.189. The molecule has 0 aromatic heterocycles. The zero-order chi connectivity index (χ0) is 24.2. The van der Waals surface area contributed by atoms with Gasteiger partial charge in [0.25, 0.3) is 0 Å². The predicted molar refractivity (Wildman–Crippen MR) is 129 cm³/mol. The maximum Gasteiger partial charge on any atom is 0.160 e. The zero-order valence-electron chi connectivity index (χ0n) is 21.7. The van der Waals surface area contributed by atoms with Crippen molar-refractivity contribution >= 4 is 5.78 Å². The van der Waals surface area contributed by atoms with Gasteiger partial charge in [-0.05, 0) is 96.9 Å². The van der Waals surface area contributed by atoms with Gasteiger partial charge in [0.2, 0.25) is 0 Å². The topological polar surface area (TPSA) is 77.8 Å². The molecular weight excluding hydrogens is 412 g/mol. The molecule has 0 saturated heterocycles. The first-order valence-electron chi connectivity index (χ1n) is 13.5. The van der Waals surface area contributed by atoms with E-state index >= 15 is 0 Å². The molecule has 3 N–H and O–H groups in total. The van der Waals surface area contributed by atoms with Crippen LogP contribution in [-0.2, 0) is 4.79 Å². The number of aliphatic hydroxyl groups excluding tert-OH is 3. The summed E-state index contributed by atoms with van der Waals surface area (Å²) in [6.07, 6.45) is 9.05. The number of carbonyl (C=O) groups excluding carboxylic acids is 1. The molecule has 186 valence electrons. The van der Waals surface area contributed by atoms with E-state index in [0.29, 0.717) is 24.2 Å².